The largest absolute Gasteiger partial charge is 0.497 e. The van der Waals surface area contributed by atoms with E-state index in [1.165, 1.54) is 16.6 Å². The number of aromatic nitrogens is 1. The number of nitrogens with one attached hydrogen (secondary N) is 1. The van der Waals surface area contributed by atoms with Crippen molar-refractivity contribution in [2.24, 2.45) is 0 Å². The van der Waals surface area contributed by atoms with Crippen LogP contribution >= 0.6 is 0 Å². The van der Waals surface area contributed by atoms with Crippen molar-refractivity contribution in [1.82, 2.24) is 9.88 Å². The third-order valence-electron chi connectivity index (χ3n) is 5.96. The molecular weight excluding hydrogens is 482 g/mol. The molecule has 1 atom stereocenters. The highest BCUT2D eigenvalue weighted by molar-refractivity contribution is 5.96. The van der Waals surface area contributed by atoms with Crippen LogP contribution in [0.3, 0.4) is 0 Å². The summed E-state index contributed by atoms with van der Waals surface area (Å²) in [6.07, 6.45) is 1.58. The zero-order chi connectivity index (χ0) is 27.1. The number of anilines is 1. The van der Waals surface area contributed by atoms with Crippen LogP contribution in [0.1, 0.15) is 40.7 Å². The van der Waals surface area contributed by atoms with Crippen molar-refractivity contribution < 1.29 is 23.1 Å². The summed E-state index contributed by atoms with van der Waals surface area (Å²) < 4.78 is 34.9. The van der Waals surface area contributed by atoms with Crippen LogP contribution in [0, 0.1) is 23.0 Å². The Balaban J connectivity index is 0.000000266. The maximum atomic E-state index is 14.3. The number of nitrogens with zero attached hydrogens (tertiary/aromatic N) is 3. The van der Waals surface area contributed by atoms with Crippen LogP contribution in [0.5, 0.6) is 5.75 Å². The van der Waals surface area contributed by atoms with Crippen LogP contribution in [-0.2, 0) is 11.3 Å². The molecule has 4 rings (SSSR count). The molecule has 8 nitrogen and oxygen atoms in total. The van der Waals surface area contributed by atoms with Crippen molar-refractivity contribution in [3.8, 4) is 11.8 Å². The van der Waals surface area contributed by atoms with E-state index in [1.807, 2.05) is 13.0 Å². The van der Waals surface area contributed by atoms with E-state index in [2.05, 4.69) is 5.32 Å². The number of carbonyl (C=O) groups excluding carboxylic acids is 2. The number of aryl methyl sites for hydroxylation is 1. The van der Waals surface area contributed by atoms with E-state index < -0.39 is 17.6 Å². The number of carbonyl (C=O) groups is 2. The number of nitriles is 1. The highest BCUT2D eigenvalue weighted by atomic mass is 19.1. The van der Waals surface area contributed by atoms with Crippen molar-refractivity contribution in [2.75, 3.05) is 25.6 Å². The summed E-state index contributed by atoms with van der Waals surface area (Å²) in [5, 5.41) is 11.0. The molecule has 1 aliphatic heterocycles. The molecule has 0 bridgehead atoms. The molecule has 1 fully saturated rings. The Morgan fingerprint density at radius 3 is 2.35 bits per heavy atom. The number of benzene rings is 2. The Hall–Kier alpha value is -4.52. The first-order chi connectivity index (χ1) is 17.7. The number of pyridine rings is 1. The number of methoxy groups -OCH3 is 1. The average molecular weight is 509 g/mol. The van der Waals surface area contributed by atoms with Crippen molar-refractivity contribution in [2.45, 2.75) is 25.8 Å². The van der Waals surface area contributed by atoms with Gasteiger partial charge in [0.25, 0.3) is 11.5 Å². The molecule has 10 heteroatoms. The highest BCUT2D eigenvalue weighted by Gasteiger charge is 2.36. The number of ether oxygens (including phenoxy) is 1. The Kier molecular flexibility index (Phi) is 8.74. The predicted octanol–water partition coefficient (Wildman–Crippen LogP) is 3.59. The quantitative estimate of drug-likeness (QED) is 0.567. The fourth-order valence-corrected chi connectivity index (χ4v) is 4.02. The number of amides is 2. The third kappa shape index (κ3) is 6.01. The summed E-state index contributed by atoms with van der Waals surface area (Å²) in [7, 11) is 2.89. The third-order valence-corrected chi connectivity index (χ3v) is 5.96. The topological polar surface area (TPSA) is 104 Å². The van der Waals surface area contributed by atoms with Crippen LogP contribution in [0.2, 0.25) is 0 Å². The van der Waals surface area contributed by atoms with Gasteiger partial charge in [0.15, 0.2) is 0 Å². The summed E-state index contributed by atoms with van der Waals surface area (Å²) in [5.74, 6) is -2.56. The second-order valence-electron chi connectivity index (χ2n) is 8.16. The molecule has 1 N–H and O–H groups in total. The normalized spacial score (nSPS) is 14.4. The Morgan fingerprint density at radius 1 is 1.16 bits per heavy atom. The lowest BCUT2D eigenvalue weighted by Gasteiger charge is -2.18. The number of hydrogen-bond donors (Lipinski definition) is 1. The first-order valence-electron chi connectivity index (χ1n) is 11.5. The van der Waals surface area contributed by atoms with Gasteiger partial charge >= 0.3 is 0 Å². The molecule has 1 aliphatic rings. The van der Waals surface area contributed by atoms with E-state index in [4.69, 9.17) is 10.00 Å². The Bertz CT molecular complexity index is 1370. The molecular formula is C27H26F2N4O4. The number of hydrogen-bond acceptors (Lipinski definition) is 5. The average Bonchev–Trinajstić information content (AvgIpc) is 3.28. The fourth-order valence-electron chi connectivity index (χ4n) is 4.02. The summed E-state index contributed by atoms with van der Waals surface area (Å²) in [6.45, 7) is 2.35. The van der Waals surface area contributed by atoms with Gasteiger partial charge in [-0.15, -0.1) is 0 Å². The molecule has 1 aromatic heterocycles. The first kappa shape index (κ1) is 27.1. The zero-order valence-electron chi connectivity index (χ0n) is 20.6. The minimum atomic E-state index is -0.754. The Morgan fingerprint density at radius 2 is 1.81 bits per heavy atom. The minimum Gasteiger partial charge on any atom is -0.497 e. The lowest BCUT2D eigenvalue weighted by Crippen LogP contribution is -2.32. The highest BCUT2D eigenvalue weighted by Crippen LogP contribution is 2.35. The molecule has 0 radical (unpaired) electrons. The van der Waals surface area contributed by atoms with Crippen LogP contribution in [-0.4, -0.2) is 37.1 Å². The standard InChI is InChI=1S/C18H18F2N2O3.C9H8N2O/c1-3-21-6-4-5-15(18(21)24)22-10-11(7-16(22)23)17-13(19)8-12(25-2)9-14(17)20;1-11-9(12)8-4-2-7(6-10)3-5-8/h4-6,8-9,11H,3,7,10H2,1-2H3;2-5H,1H3,(H,11,12). The van der Waals surface area contributed by atoms with Crippen LogP contribution in [0.15, 0.2) is 59.5 Å². The van der Waals surface area contributed by atoms with Crippen molar-refractivity contribution in [3.63, 3.8) is 0 Å². The second kappa shape index (κ2) is 11.9. The van der Waals surface area contributed by atoms with Gasteiger partial charge in [0.1, 0.15) is 23.1 Å². The van der Waals surface area contributed by atoms with E-state index in [-0.39, 0.29) is 47.3 Å². The van der Waals surface area contributed by atoms with Gasteiger partial charge in [-0.1, -0.05) is 0 Å². The molecule has 0 saturated carbocycles. The van der Waals surface area contributed by atoms with Gasteiger partial charge in [-0.2, -0.15) is 5.26 Å². The number of halogens is 2. The predicted molar refractivity (Wildman–Crippen MR) is 134 cm³/mol. The van der Waals surface area contributed by atoms with Crippen molar-refractivity contribution in [3.05, 3.63) is 93.4 Å². The van der Waals surface area contributed by atoms with Gasteiger partial charge in [0.05, 0.1) is 18.7 Å². The molecule has 192 valence electrons. The van der Waals surface area contributed by atoms with Crippen LogP contribution < -0.4 is 20.5 Å². The first-order valence-corrected chi connectivity index (χ1v) is 11.5. The lowest BCUT2D eigenvalue weighted by molar-refractivity contribution is -0.117. The second-order valence-corrected chi connectivity index (χ2v) is 8.16. The molecule has 0 spiro atoms. The molecule has 2 heterocycles. The monoisotopic (exact) mass is 508 g/mol. The Labute approximate surface area is 212 Å². The van der Waals surface area contributed by atoms with Gasteiger partial charge in [0.2, 0.25) is 5.91 Å². The number of rotatable bonds is 5. The van der Waals surface area contributed by atoms with E-state index in [0.717, 1.165) is 12.1 Å². The van der Waals surface area contributed by atoms with Crippen LogP contribution in [0.4, 0.5) is 14.5 Å². The lowest BCUT2D eigenvalue weighted by atomic mass is 9.97. The fraction of sp³-hybridized carbons (Fsp3) is 0.259. The molecule has 0 aliphatic carbocycles. The SMILES string of the molecule is CCn1cccc(N2CC(c3c(F)cc(OC)cc3F)CC2=O)c1=O.CNC(=O)c1ccc(C#N)cc1. The summed E-state index contributed by atoms with van der Waals surface area (Å²) in [4.78, 5) is 37.1. The van der Waals surface area contributed by atoms with E-state index in [9.17, 15) is 23.2 Å². The van der Waals surface area contributed by atoms with E-state index >= 15 is 0 Å². The summed E-state index contributed by atoms with van der Waals surface area (Å²) >= 11 is 0. The van der Waals surface area contributed by atoms with Gasteiger partial charge < -0.3 is 19.5 Å². The van der Waals surface area contributed by atoms with Crippen molar-refractivity contribution >= 4 is 17.5 Å². The van der Waals surface area contributed by atoms with Crippen molar-refractivity contribution in [1.29, 1.82) is 5.26 Å². The molecule has 2 amide bonds. The smallest absolute Gasteiger partial charge is 0.274 e. The van der Waals surface area contributed by atoms with E-state index in [0.29, 0.717) is 17.7 Å². The van der Waals surface area contributed by atoms with Gasteiger partial charge in [-0.25, -0.2) is 8.78 Å². The molecule has 1 saturated heterocycles. The summed E-state index contributed by atoms with van der Waals surface area (Å²) in [6, 6.07) is 13.9. The van der Waals surface area contributed by atoms with Gasteiger partial charge in [-0.3, -0.25) is 14.4 Å². The molecule has 3 aromatic rings. The molecule has 2 aromatic carbocycles. The van der Waals surface area contributed by atoms with E-state index in [1.54, 1.807) is 49.6 Å². The maximum Gasteiger partial charge on any atom is 0.274 e. The van der Waals surface area contributed by atoms with Gasteiger partial charge in [-0.05, 0) is 43.3 Å². The van der Waals surface area contributed by atoms with Gasteiger partial charge in [0, 0.05) is 61.9 Å². The maximum absolute atomic E-state index is 14.3. The minimum absolute atomic E-state index is 0.0549. The zero-order valence-corrected chi connectivity index (χ0v) is 20.6. The molecule has 37 heavy (non-hydrogen) atoms. The summed E-state index contributed by atoms with van der Waals surface area (Å²) in [5.41, 5.74) is 0.906. The molecule has 1 unspecified atom stereocenters. The van der Waals surface area contributed by atoms with Crippen LogP contribution in [0.25, 0.3) is 0 Å².